The number of carbonyl (C=O) groups excluding carboxylic acids is 2. The highest BCUT2D eigenvalue weighted by Gasteiger charge is 2.35. The fourth-order valence-electron chi connectivity index (χ4n) is 3.71. The number of nitrogens with zero attached hydrogens (tertiary/aromatic N) is 3. The maximum Gasteiger partial charge on any atom is 0.323 e. The van der Waals surface area contributed by atoms with Crippen molar-refractivity contribution in [3.8, 4) is 0 Å². The third-order valence-electron chi connectivity index (χ3n) is 5.80. The average Bonchev–Trinajstić information content (AvgIpc) is 3.61. The van der Waals surface area contributed by atoms with Gasteiger partial charge < -0.3 is 35.6 Å². The van der Waals surface area contributed by atoms with Gasteiger partial charge in [-0.15, -0.1) is 0 Å². The maximum absolute atomic E-state index is 14.1. The van der Waals surface area contributed by atoms with Crippen molar-refractivity contribution in [2.24, 2.45) is 16.5 Å². The van der Waals surface area contributed by atoms with Crippen LogP contribution in [-0.2, 0) is 34.9 Å². The van der Waals surface area contributed by atoms with Gasteiger partial charge in [-0.2, -0.15) is 0 Å². The lowest BCUT2D eigenvalue weighted by Gasteiger charge is -2.28. The molecular weight excluding hydrogens is 551 g/mol. The number of anilines is 1. The standard InChI is InChI=1S/C26H47N8O6P/c1-8-20(25(35)39-16(3)4)32-41(37,33-21(9-2)26(36)40-17(5)6)15-38-13-12-34-14-29-22(24(34)30-18(7)27)23(28)31-19-10-11-19/h14,16-17,19-21,30H,7-13,15,27H2,1-6H3,(H2,28,31)(H2,32,33,37). The van der Waals surface area contributed by atoms with Gasteiger partial charge in [0.05, 0.1) is 37.0 Å². The van der Waals surface area contributed by atoms with Gasteiger partial charge in [0.25, 0.3) is 0 Å². The molecule has 14 nitrogen and oxygen atoms in total. The van der Waals surface area contributed by atoms with Gasteiger partial charge in [0.1, 0.15) is 35.8 Å². The number of nitrogens with two attached hydrogens (primary N) is 2. The molecule has 0 amide bonds. The molecule has 1 fully saturated rings. The van der Waals surface area contributed by atoms with Crippen molar-refractivity contribution in [1.82, 2.24) is 19.7 Å². The molecule has 1 heterocycles. The van der Waals surface area contributed by atoms with E-state index in [1.807, 2.05) is 0 Å². The molecule has 0 aliphatic heterocycles. The number of imidazole rings is 1. The summed E-state index contributed by atoms with van der Waals surface area (Å²) in [6.45, 7) is 14.6. The van der Waals surface area contributed by atoms with Crippen LogP contribution in [0.25, 0.3) is 0 Å². The van der Waals surface area contributed by atoms with Crippen LogP contribution < -0.4 is 27.0 Å². The molecule has 0 aromatic carbocycles. The summed E-state index contributed by atoms with van der Waals surface area (Å²) < 4.78 is 32.3. The smallest absolute Gasteiger partial charge is 0.323 e. The minimum absolute atomic E-state index is 0.106. The van der Waals surface area contributed by atoms with Gasteiger partial charge in [-0.05, 0) is 53.4 Å². The molecule has 2 unspecified atom stereocenters. The lowest BCUT2D eigenvalue weighted by molar-refractivity contribution is -0.150. The third kappa shape index (κ3) is 11.5. The van der Waals surface area contributed by atoms with E-state index in [4.69, 9.17) is 25.7 Å². The van der Waals surface area contributed by atoms with Crippen molar-refractivity contribution in [3.63, 3.8) is 0 Å². The van der Waals surface area contributed by atoms with Gasteiger partial charge in [0.2, 0.25) is 7.44 Å². The quantitative estimate of drug-likeness (QED) is 0.0513. The van der Waals surface area contributed by atoms with Crippen molar-refractivity contribution in [2.75, 3.05) is 18.3 Å². The van der Waals surface area contributed by atoms with E-state index in [0.29, 0.717) is 36.7 Å². The molecule has 0 spiro atoms. The van der Waals surface area contributed by atoms with Crippen molar-refractivity contribution < 1.29 is 28.4 Å². The number of hydrogen-bond donors (Lipinski definition) is 5. The number of ether oxygens (including phenoxy) is 3. The Kier molecular flexibility index (Phi) is 13.3. The largest absolute Gasteiger partial charge is 0.462 e. The molecule has 2 rings (SSSR count). The van der Waals surface area contributed by atoms with E-state index in [2.05, 4.69) is 32.0 Å². The van der Waals surface area contributed by atoms with E-state index >= 15 is 0 Å². The normalized spacial score (nSPS) is 16.7. The molecule has 1 aliphatic rings. The van der Waals surface area contributed by atoms with E-state index in [1.54, 1.807) is 52.4 Å². The van der Waals surface area contributed by atoms with Crippen LogP contribution >= 0.6 is 7.44 Å². The summed E-state index contributed by atoms with van der Waals surface area (Å²) in [6, 6.07) is -1.55. The molecular formula is C26H47N8O6P. The molecule has 1 aliphatic carbocycles. The Bertz CT molecular complexity index is 1080. The van der Waals surface area contributed by atoms with Crippen LogP contribution in [0.2, 0.25) is 0 Å². The third-order valence-corrected chi connectivity index (χ3v) is 7.80. The Balaban J connectivity index is 2.18. The second kappa shape index (κ2) is 15.9. The van der Waals surface area contributed by atoms with Gasteiger partial charge >= 0.3 is 11.9 Å². The van der Waals surface area contributed by atoms with Crippen LogP contribution in [0.3, 0.4) is 0 Å². The van der Waals surface area contributed by atoms with E-state index in [-0.39, 0.29) is 37.0 Å². The summed E-state index contributed by atoms with van der Waals surface area (Å²) in [5, 5.41) is 8.73. The first-order valence-corrected chi connectivity index (χ1v) is 15.9. The first-order valence-electron chi connectivity index (χ1n) is 14.0. The zero-order valence-electron chi connectivity index (χ0n) is 25.0. The maximum atomic E-state index is 14.1. The van der Waals surface area contributed by atoms with Gasteiger partial charge in [-0.3, -0.25) is 19.1 Å². The van der Waals surface area contributed by atoms with Gasteiger partial charge in [-0.25, -0.2) is 15.2 Å². The Morgan fingerprint density at radius 1 is 1.10 bits per heavy atom. The highest BCUT2D eigenvalue weighted by atomic mass is 31.2. The van der Waals surface area contributed by atoms with E-state index in [0.717, 1.165) is 12.8 Å². The minimum atomic E-state index is -3.67. The van der Waals surface area contributed by atoms with Crippen LogP contribution in [0.15, 0.2) is 23.7 Å². The lowest BCUT2D eigenvalue weighted by atomic mass is 10.2. The second-order valence-corrected chi connectivity index (χ2v) is 12.7. The predicted octanol–water partition coefficient (Wildman–Crippen LogP) is 2.40. The number of carbonyl (C=O) groups is 2. The summed E-state index contributed by atoms with van der Waals surface area (Å²) in [7, 11) is -3.67. The van der Waals surface area contributed by atoms with Crippen LogP contribution in [0, 0.1) is 0 Å². The van der Waals surface area contributed by atoms with Crippen molar-refractivity contribution in [1.29, 1.82) is 0 Å². The van der Waals surface area contributed by atoms with Gasteiger partial charge in [-0.1, -0.05) is 20.4 Å². The van der Waals surface area contributed by atoms with Crippen LogP contribution in [0.5, 0.6) is 0 Å². The molecule has 0 saturated heterocycles. The Labute approximate surface area is 242 Å². The highest BCUT2D eigenvalue weighted by Crippen LogP contribution is 2.38. The summed E-state index contributed by atoms with van der Waals surface area (Å²) in [4.78, 5) is 34.1. The molecule has 1 aromatic rings. The zero-order chi connectivity index (χ0) is 30.7. The number of nitrogens with one attached hydrogen (secondary N) is 3. The molecule has 41 heavy (non-hydrogen) atoms. The summed E-state index contributed by atoms with van der Waals surface area (Å²) >= 11 is 0. The molecule has 2 atom stereocenters. The molecule has 15 heteroatoms. The van der Waals surface area contributed by atoms with Crippen molar-refractivity contribution >= 4 is 31.0 Å². The first kappa shape index (κ1) is 34.3. The molecule has 1 saturated carbocycles. The van der Waals surface area contributed by atoms with Crippen molar-refractivity contribution in [2.45, 2.75) is 104 Å². The van der Waals surface area contributed by atoms with Gasteiger partial charge in [0, 0.05) is 6.54 Å². The number of amidine groups is 1. The SMILES string of the molecule is C=C(N)Nc1c(C(N)=NC2CC2)ncn1CCOCP(=O)(NC(CC)C(=O)OC(C)C)NC(CC)C(=O)OC(C)C. The second-order valence-electron chi connectivity index (χ2n) is 10.5. The molecule has 7 N–H and O–H groups in total. The summed E-state index contributed by atoms with van der Waals surface area (Å²) in [5.41, 5.74) is 12.4. The number of esters is 2. The Morgan fingerprint density at radius 3 is 2.07 bits per heavy atom. The molecule has 232 valence electrons. The van der Waals surface area contributed by atoms with E-state index in [1.165, 1.54) is 0 Å². The highest BCUT2D eigenvalue weighted by molar-refractivity contribution is 7.59. The summed E-state index contributed by atoms with van der Waals surface area (Å²) in [6.07, 6.45) is 3.17. The number of aromatic nitrogens is 2. The monoisotopic (exact) mass is 598 g/mol. The fourth-order valence-corrected chi connectivity index (χ4v) is 5.90. The van der Waals surface area contributed by atoms with Crippen LogP contribution in [0.1, 0.15) is 72.9 Å². The fraction of sp³-hybridized carbons (Fsp3) is 0.692. The van der Waals surface area contributed by atoms with Crippen LogP contribution in [0.4, 0.5) is 5.82 Å². The molecule has 0 radical (unpaired) electrons. The predicted molar refractivity (Wildman–Crippen MR) is 158 cm³/mol. The minimum Gasteiger partial charge on any atom is -0.462 e. The number of hydrogen-bond acceptors (Lipinski definition) is 10. The first-order chi connectivity index (χ1) is 19.3. The van der Waals surface area contributed by atoms with E-state index < -0.39 is 31.5 Å². The Hall–Kier alpha value is -2.93. The zero-order valence-corrected chi connectivity index (χ0v) is 25.9. The Morgan fingerprint density at radius 2 is 1.63 bits per heavy atom. The average molecular weight is 599 g/mol. The lowest BCUT2D eigenvalue weighted by Crippen LogP contribution is -2.45. The summed E-state index contributed by atoms with van der Waals surface area (Å²) in [5.74, 6) is -0.0873. The van der Waals surface area contributed by atoms with Crippen LogP contribution in [-0.4, -0.2) is 70.6 Å². The number of rotatable bonds is 19. The van der Waals surface area contributed by atoms with Gasteiger partial charge in [0.15, 0.2) is 0 Å². The molecule has 0 bridgehead atoms. The van der Waals surface area contributed by atoms with Crippen molar-refractivity contribution in [3.05, 3.63) is 24.4 Å². The number of aliphatic imine (C=N–C) groups is 1. The van der Waals surface area contributed by atoms with E-state index in [9.17, 15) is 14.2 Å². The molecule has 1 aromatic heterocycles. The topological polar surface area (TPSA) is 197 Å².